The van der Waals surface area contributed by atoms with Crippen molar-refractivity contribution in [3.05, 3.63) is 30.4 Å². The first-order valence-corrected chi connectivity index (χ1v) is 4.14. The van der Waals surface area contributed by atoms with E-state index in [2.05, 4.69) is 9.98 Å². The second-order valence-electron chi connectivity index (χ2n) is 2.96. The molecule has 2 heterocycles. The number of aliphatic imine (C=N–C) groups is 1. The molecule has 0 aliphatic rings. The van der Waals surface area contributed by atoms with Gasteiger partial charge in [-0.15, -0.1) is 0 Å². The Bertz CT molecular complexity index is 581. The lowest BCUT2D eigenvalue weighted by Gasteiger charge is -2.04. The highest BCUT2D eigenvalue weighted by atomic mass is 19.4. The number of fused-ring (bicyclic) bond motifs is 1. The Hall–Kier alpha value is -2.14. The third-order valence-electron chi connectivity index (χ3n) is 1.94. The normalized spacial score (nSPS) is 11.4. The maximum absolute atomic E-state index is 12.5. The van der Waals surface area contributed by atoms with Crippen LogP contribution in [0.4, 0.5) is 18.9 Å². The van der Waals surface area contributed by atoms with Gasteiger partial charge in [-0.2, -0.15) is 18.2 Å². The Balaban J connectivity index is 2.69. The van der Waals surface area contributed by atoms with E-state index < -0.39 is 12.0 Å². The molecule has 0 aliphatic heterocycles. The van der Waals surface area contributed by atoms with Crippen LogP contribution in [0.2, 0.25) is 0 Å². The predicted octanol–water partition coefficient (Wildman–Crippen LogP) is 2.32. The van der Waals surface area contributed by atoms with Gasteiger partial charge in [-0.05, 0) is 12.1 Å². The molecule has 2 rings (SSSR count). The van der Waals surface area contributed by atoms with Gasteiger partial charge in [0.25, 0.3) is 0 Å². The smallest absolute Gasteiger partial charge is 0.294 e. The fourth-order valence-electron chi connectivity index (χ4n) is 1.31. The van der Waals surface area contributed by atoms with Crippen LogP contribution in [0.1, 0.15) is 5.82 Å². The molecule has 4 nitrogen and oxygen atoms in total. The molecule has 0 spiro atoms. The standard InChI is InChI=1S/C9H4F3N3O/c10-9(11,12)8-13-3-7-2-1-6(14-5-16)4-15(7)8/h1-4H. The van der Waals surface area contributed by atoms with Gasteiger partial charge in [-0.1, -0.05) is 0 Å². The number of aromatic nitrogens is 2. The molecule has 7 heteroatoms. The van der Waals surface area contributed by atoms with Crippen LogP contribution >= 0.6 is 0 Å². The van der Waals surface area contributed by atoms with E-state index in [1.807, 2.05) is 0 Å². The SMILES string of the molecule is O=C=Nc1ccc2cnc(C(F)(F)F)n2c1. The van der Waals surface area contributed by atoms with E-state index in [0.717, 1.165) is 16.8 Å². The molecule has 2 aromatic rings. The third kappa shape index (κ3) is 1.68. The summed E-state index contributed by atoms with van der Waals surface area (Å²) < 4.78 is 38.3. The van der Waals surface area contributed by atoms with Crippen molar-refractivity contribution in [2.24, 2.45) is 4.99 Å². The Kier molecular flexibility index (Phi) is 2.25. The first-order chi connectivity index (χ1) is 7.52. The summed E-state index contributed by atoms with van der Waals surface area (Å²) in [5, 5.41) is 0. The minimum Gasteiger partial charge on any atom is -0.294 e. The average molecular weight is 227 g/mol. The first kappa shape index (κ1) is 10.4. The highest BCUT2D eigenvalue weighted by molar-refractivity contribution is 5.55. The average Bonchev–Trinajstić information content (AvgIpc) is 2.60. The van der Waals surface area contributed by atoms with E-state index in [-0.39, 0.29) is 11.2 Å². The fraction of sp³-hybridized carbons (Fsp3) is 0.111. The van der Waals surface area contributed by atoms with E-state index in [0.29, 0.717) is 0 Å². The number of carbonyl (C=O) groups excluding carboxylic acids is 1. The molecule has 82 valence electrons. The van der Waals surface area contributed by atoms with Gasteiger partial charge in [0, 0.05) is 6.20 Å². The van der Waals surface area contributed by atoms with Crippen molar-refractivity contribution in [3.63, 3.8) is 0 Å². The topological polar surface area (TPSA) is 46.7 Å². The van der Waals surface area contributed by atoms with Crippen molar-refractivity contribution >= 4 is 17.3 Å². The van der Waals surface area contributed by atoms with Crippen molar-refractivity contribution in [3.8, 4) is 0 Å². The van der Waals surface area contributed by atoms with Crippen LogP contribution in [0.5, 0.6) is 0 Å². The number of pyridine rings is 1. The maximum atomic E-state index is 12.5. The summed E-state index contributed by atoms with van der Waals surface area (Å²) in [5.41, 5.74) is 0.364. The van der Waals surface area contributed by atoms with E-state index in [1.165, 1.54) is 18.2 Å². The van der Waals surface area contributed by atoms with E-state index in [4.69, 9.17) is 0 Å². The Morgan fingerprint density at radius 3 is 2.75 bits per heavy atom. The largest absolute Gasteiger partial charge is 0.450 e. The zero-order valence-corrected chi connectivity index (χ0v) is 7.69. The summed E-state index contributed by atoms with van der Waals surface area (Å²) in [7, 11) is 0. The lowest BCUT2D eigenvalue weighted by molar-refractivity contribution is -0.145. The molecule has 0 bridgehead atoms. The minimum atomic E-state index is -4.55. The number of alkyl halides is 3. The molecule has 0 amide bonds. The highest BCUT2D eigenvalue weighted by Gasteiger charge is 2.35. The second-order valence-corrected chi connectivity index (χ2v) is 2.96. The lowest BCUT2D eigenvalue weighted by atomic mass is 10.4. The van der Waals surface area contributed by atoms with Gasteiger partial charge in [0.05, 0.1) is 17.4 Å². The predicted molar refractivity (Wildman–Crippen MR) is 48.0 cm³/mol. The molecule has 16 heavy (non-hydrogen) atoms. The van der Waals surface area contributed by atoms with Gasteiger partial charge in [0.15, 0.2) is 0 Å². The van der Waals surface area contributed by atoms with Gasteiger partial charge in [0.2, 0.25) is 11.9 Å². The first-order valence-electron chi connectivity index (χ1n) is 4.14. The zero-order valence-electron chi connectivity index (χ0n) is 7.69. The molecule has 0 unspecified atom stereocenters. The molecule has 0 radical (unpaired) electrons. The number of nitrogens with zero attached hydrogens (tertiary/aromatic N) is 3. The van der Waals surface area contributed by atoms with E-state index in [1.54, 1.807) is 0 Å². The number of hydrogen-bond donors (Lipinski definition) is 0. The van der Waals surface area contributed by atoms with Crippen LogP contribution < -0.4 is 0 Å². The van der Waals surface area contributed by atoms with Crippen molar-refractivity contribution in [1.29, 1.82) is 0 Å². The minimum absolute atomic E-state index is 0.0889. The van der Waals surface area contributed by atoms with Gasteiger partial charge in [-0.25, -0.2) is 9.78 Å². The quantitative estimate of drug-likeness (QED) is 0.554. The molecule has 0 saturated heterocycles. The summed E-state index contributed by atoms with van der Waals surface area (Å²) in [6, 6.07) is 2.79. The number of hydrogen-bond acceptors (Lipinski definition) is 3. The van der Waals surface area contributed by atoms with E-state index in [9.17, 15) is 18.0 Å². The summed E-state index contributed by atoms with van der Waals surface area (Å²) in [4.78, 5) is 16.5. The van der Waals surface area contributed by atoms with Crippen LogP contribution in [0.25, 0.3) is 5.52 Å². The van der Waals surface area contributed by atoms with Crippen LogP contribution in [0, 0.1) is 0 Å². The Labute approximate surface area is 87.1 Å². The monoisotopic (exact) mass is 227 g/mol. The van der Waals surface area contributed by atoms with Crippen LogP contribution in [-0.2, 0) is 11.0 Å². The lowest BCUT2D eigenvalue weighted by Crippen LogP contribution is -2.10. The maximum Gasteiger partial charge on any atom is 0.450 e. The summed E-state index contributed by atoms with van der Waals surface area (Å²) >= 11 is 0. The summed E-state index contributed by atoms with van der Waals surface area (Å²) in [5.74, 6) is -1.05. The van der Waals surface area contributed by atoms with Crippen molar-refractivity contribution in [2.45, 2.75) is 6.18 Å². The number of halogens is 3. The van der Waals surface area contributed by atoms with Crippen LogP contribution in [0.3, 0.4) is 0 Å². The Morgan fingerprint density at radius 2 is 2.12 bits per heavy atom. The zero-order chi connectivity index (χ0) is 11.8. The molecule has 0 atom stereocenters. The summed E-state index contributed by atoms with van der Waals surface area (Å²) in [6.45, 7) is 0. The van der Waals surface area contributed by atoms with Crippen molar-refractivity contribution in [1.82, 2.24) is 9.38 Å². The molecular formula is C9H4F3N3O. The molecule has 0 aliphatic carbocycles. The number of imidazole rings is 1. The van der Waals surface area contributed by atoms with E-state index >= 15 is 0 Å². The number of rotatable bonds is 1. The van der Waals surface area contributed by atoms with Gasteiger partial charge in [-0.3, -0.25) is 4.40 Å². The van der Waals surface area contributed by atoms with Gasteiger partial charge in [0.1, 0.15) is 0 Å². The van der Waals surface area contributed by atoms with Gasteiger partial charge < -0.3 is 0 Å². The molecule has 0 aromatic carbocycles. The van der Waals surface area contributed by atoms with Gasteiger partial charge >= 0.3 is 6.18 Å². The van der Waals surface area contributed by atoms with Crippen molar-refractivity contribution in [2.75, 3.05) is 0 Å². The molecule has 0 saturated carbocycles. The third-order valence-corrected chi connectivity index (χ3v) is 1.94. The highest BCUT2D eigenvalue weighted by Crippen LogP contribution is 2.29. The fourth-order valence-corrected chi connectivity index (χ4v) is 1.31. The van der Waals surface area contributed by atoms with Crippen molar-refractivity contribution < 1.29 is 18.0 Å². The molecule has 0 fully saturated rings. The molecule has 2 aromatic heterocycles. The molecular weight excluding hydrogens is 223 g/mol. The van der Waals surface area contributed by atoms with Crippen LogP contribution in [0.15, 0.2) is 29.5 Å². The Morgan fingerprint density at radius 1 is 1.38 bits per heavy atom. The molecule has 0 N–H and O–H groups in total. The second kappa shape index (κ2) is 3.46. The number of isocyanates is 1. The van der Waals surface area contributed by atoms with Crippen LogP contribution in [-0.4, -0.2) is 15.5 Å². The summed E-state index contributed by atoms with van der Waals surface area (Å²) in [6.07, 6.45) is -1.11.